The van der Waals surface area contributed by atoms with Crippen molar-refractivity contribution in [2.45, 2.75) is 6.61 Å². The first-order chi connectivity index (χ1) is 13.1. The highest BCUT2D eigenvalue weighted by Crippen LogP contribution is 2.20. The predicted octanol–water partition coefficient (Wildman–Crippen LogP) is 4.53. The summed E-state index contributed by atoms with van der Waals surface area (Å²) in [7, 11) is 0. The van der Waals surface area contributed by atoms with Gasteiger partial charge in [0.1, 0.15) is 34.9 Å². The first-order valence-corrected chi connectivity index (χ1v) is 9.14. The Balaban J connectivity index is 1.58. The molecule has 1 aromatic heterocycles. The van der Waals surface area contributed by atoms with E-state index in [9.17, 15) is 4.79 Å². The van der Waals surface area contributed by atoms with Gasteiger partial charge in [-0.1, -0.05) is 17.7 Å². The van der Waals surface area contributed by atoms with Gasteiger partial charge in [-0.2, -0.15) is 5.26 Å². The Labute approximate surface area is 164 Å². The number of nitriles is 1. The molecular formula is C19H14ClN3O3S. The summed E-state index contributed by atoms with van der Waals surface area (Å²) < 4.78 is 10.8. The smallest absolute Gasteiger partial charge is 0.275 e. The number of benzene rings is 2. The van der Waals surface area contributed by atoms with Gasteiger partial charge in [0.15, 0.2) is 6.61 Å². The predicted molar refractivity (Wildman–Crippen MR) is 103 cm³/mol. The Morgan fingerprint density at radius 1 is 1.19 bits per heavy atom. The number of carbonyl (C=O) groups excluding carboxylic acids is 1. The number of carbonyl (C=O) groups is 1. The van der Waals surface area contributed by atoms with Crippen molar-refractivity contribution in [2.75, 3.05) is 11.9 Å². The monoisotopic (exact) mass is 399 g/mol. The summed E-state index contributed by atoms with van der Waals surface area (Å²) >= 11 is 7.18. The van der Waals surface area contributed by atoms with Gasteiger partial charge in [-0.05, 0) is 36.4 Å². The van der Waals surface area contributed by atoms with Crippen LogP contribution in [0.3, 0.4) is 0 Å². The molecule has 136 valence electrons. The van der Waals surface area contributed by atoms with E-state index in [4.69, 9.17) is 26.3 Å². The molecule has 0 fully saturated rings. The van der Waals surface area contributed by atoms with Gasteiger partial charge in [0.05, 0.1) is 0 Å². The van der Waals surface area contributed by atoms with Crippen molar-refractivity contribution >= 4 is 34.5 Å². The van der Waals surface area contributed by atoms with E-state index in [0.717, 1.165) is 0 Å². The number of thiazole rings is 1. The van der Waals surface area contributed by atoms with E-state index < -0.39 is 0 Å². The lowest BCUT2D eigenvalue weighted by atomic mass is 10.3. The van der Waals surface area contributed by atoms with Gasteiger partial charge in [0.25, 0.3) is 5.91 Å². The minimum absolute atomic E-state index is 0.0551. The molecule has 2 aromatic carbocycles. The molecule has 0 aliphatic carbocycles. The molecule has 0 spiro atoms. The normalized spacial score (nSPS) is 10.1. The Morgan fingerprint density at radius 2 is 2.00 bits per heavy atom. The van der Waals surface area contributed by atoms with E-state index in [1.165, 1.54) is 11.3 Å². The fourth-order valence-electron chi connectivity index (χ4n) is 2.13. The van der Waals surface area contributed by atoms with Gasteiger partial charge < -0.3 is 14.8 Å². The lowest BCUT2D eigenvalue weighted by Crippen LogP contribution is -2.12. The van der Waals surface area contributed by atoms with Crippen LogP contribution in [0, 0.1) is 11.3 Å². The van der Waals surface area contributed by atoms with Crippen LogP contribution < -0.4 is 14.8 Å². The summed E-state index contributed by atoms with van der Waals surface area (Å²) in [5.74, 6) is 0.848. The van der Waals surface area contributed by atoms with Crippen LogP contribution in [0.1, 0.15) is 15.5 Å². The number of hydrogen-bond donors (Lipinski definition) is 1. The number of anilines is 1. The van der Waals surface area contributed by atoms with Gasteiger partial charge in [-0.3, -0.25) is 4.79 Å². The first-order valence-electron chi connectivity index (χ1n) is 7.88. The number of nitrogens with one attached hydrogen (secondary N) is 1. The zero-order valence-corrected chi connectivity index (χ0v) is 15.6. The first kappa shape index (κ1) is 18.7. The summed E-state index contributed by atoms with van der Waals surface area (Å²) in [4.78, 5) is 16.6. The van der Waals surface area contributed by atoms with Gasteiger partial charge in [-0.25, -0.2) is 4.98 Å². The minimum atomic E-state index is -0.332. The molecule has 8 heteroatoms. The van der Waals surface area contributed by atoms with E-state index in [1.54, 1.807) is 53.9 Å². The van der Waals surface area contributed by atoms with Crippen molar-refractivity contribution in [1.82, 2.24) is 4.98 Å². The maximum Gasteiger partial charge on any atom is 0.275 e. The quantitative estimate of drug-likeness (QED) is 0.630. The minimum Gasteiger partial charge on any atom is -0.486 e. The number of ether oxygens (including phenoxy) is 2. The van der Waals surface area contributed by atoms with Gasteiger partial charge in [0.2, 0.25) is 0 Å². The number of rotatable bonds is 7. The number of nitrogens with zero attached hydrogens (tertiary/aromatic N) is 2. The van der Waals surface area contributed by atoms with E-state index >= 15 is 0 Å². The summed E-state index contributed by atoms with van der Waals surface area (Å²) in [6.07, 6.45) is 0. The van der Waals surface area contributed by atoms with Gasteiger partial charge in [0, 0.05) is 22.2 Å². The van der Waals surface area contributed by atoms with Crippen LogP contribution in [-0.2, 0) is 6.61 Å². The molecule has 0 saturated heterocycles. The average Bonchev–Trinajstić information content (AvgIpc) is 3.15. The highest BCUT2D eigenvalue weighted by atomic mass is 35.5. The fourth-order valence-corrected chi connectivity index (χ4v) is 2.94. The number of aromatic nitrogens is 1. The molecule has 3 aromatic rings. The van der Waals surface area contributed by atoms with Crippen molar-refractivity contribution in [2.24, 2.45) is 0 Å². The summed E-state index contributed by atoms with van der Waals surface area (Å²) in [6.45, 7) is 0.206. The molecule has 3 rings (SSSR count). The fraction of sp³-hybridized carbons (Fsp3) is 0.105. The molecule has 0 atom stereocenters. The van der Waals surface area contributed by atoms with Crippen LogP contribution in [-0.4, -0.2) is 17.5 Å². The molecule has 0 radical (unpaired) electrons. The van der Waals surface area contributed by atoms with E-state index in [0.29, 0.717) is 32.9 Å². The van der Waals surface area contributed by atoms with Gasteiger partial charge in [-0.15, -0.1) is 11.3 Å². The van der Waals surface area contributed by atoms with Crippen LogP contribution in [0.4, 0.5) is 5.69 Å². The van der Waals surface area contributed by atoms with Crippen LogP contribution in [0.25, 0.3) is 0 Å². The summed E-state index contributed by atoms with van der Waals surface area (Å²) in [6, 6.07) is 15.7. The molecule has 1 N–H and O–H groups in total. The highest BCUT2D eigenvalue weighted by Gasteiger charge is 2.12. The maximum absolute atomic E-state index is 12.3. The Hall–Kier alpha value is -3.08. The van der Waals surface area contributed by atoms with Crippen molar-refractivity contribution in [3.05, 3.63) is 69.6 Å². The lowest BCUT2D eigenvalue weighted by molar-refractivity contribution is 0.102. The molecule has 1 amide bonds. The molecule has 0 saturated carbocycles. The molecular weight excluding hydrogens is 386 g/mol. The summed E-state index contributed by atoms with van der Waals surface area (Å²) in [5.41, 5.74) is 0.862. The second-order valence-electron chi connectivity index (χ2n) is 5.30. The Morgan fingerprint density at radius 3 is 2.78 bits per heavy atom. The molecule has 6 nitrogen and oxygen atoms in total. The zero-order valence-electron chi connectivity index (χ0n) is 14.0. The lowest BCUT2D eigenvalue weighted by Gasteiger charge is -2.06. The number of hydrogen-bond acceptors (Lipinski definition) is 6. The SMILES string of the molecule is N#CCOc1cccc(NC(=O)c2csc(COc3ccc(Cl)cc3)n2)c1. The van der Waals surface area contributed by atoms with Crippen LogP contribution in [0.15, 0.2) is 53.9 Å². The van der Waals surface area contributed by atoms with Crippen LogP contribution in [0.2, 0.25) is 5.02 Å². The summed E-state index contributed by atoms with van der Waals surface area (Å²) in [5, 5.41) is 14.3. The Kier molecular flexibility index (Phi) is 6.26. The van der Waals surface area contributed by atoms with E-state index in [2.05, 4.69) is 10.3 Å². The third-order valence-corrected chi connectivity index (χ3v) is 4.43. The molecule has 0 bridgehead atoms. The maximum atomic E-state index is 12.3. The molecule has 0 aliphatic heterocycles. The molecule has 1 heterocycles. The standard InChI is InChI=1S/C19H14ClN3O3S/c20-13-4-6-15(7-5-13)26-11-18-23-17(12-27-18)19(24)22-14-2-1-3-16(10-14)25-9-8-21/h1-7,10,12H,9,11H2,(H,22,24). The molecule has 27 heavy (non-hydrogen) atoms. The molecule has 0 aliphatic rings. The largest absolute Gasteiger partial charge is 0.486 e. The third kappa shape index (κ3) is 5.45. The second-order valence-corrected chi connectivity index (χ2v) is 6.68. The number of amides is 1. The highest BCUT2D eigenvalue weighted by molar-refractivity contribution is 7.09. The van der Waals surface area contributed by atoms with Gasteiger partial charge >= 0.3 is 0 Å². The van der Waals surface area contributed by atoms with Crippen LogP contribution in [0.5, 0.6) is 11.5 Å². The average molecular weight is 400 g/mol. The Bertz CT molecular complexity index is 967. The molecule has 0 unspecified atom stereocenters. The second kappa shape index (κ2) is 9.03. The van der Waals surface area contributed by atoms with E-state index in [1.807, 2.05) is 6.07 Å². The zero-order chi connectivity index (χ0) is 19.1. The third-order valence-electron chi connectivity index (χ3n) is 3.36. The van der Waals surface area contributed by atoms with Crippen molar-refractivity contribution < 1.29 is 14.3 Å². The van der Waals surface area contributed by atoms with Crippen molar-refractivity contribution in [3.63, 3.8) is 0 Å². The number of halogens is 1. The van der Waals surface area contributed by atoms with Crippen LogP contribution >= 0.6 is 22.9 Å². The van der Waals surface area contributed by atoms with Crippen molar-refractivity contribution in [3.8, 4) is 17.6 Å². The topological polar surface area (TPSA) is 84.2 Å². The van der Waals surface area contributed by atoms with E-state index in [-0.39, 0.29) is 19.1 Å². The van der Waals surface area contributed by atoms with Crippen molar-refractivity contribution in [1.29, 1.82) is 5.26 Å².